The van der Waals surface area contributed by atoms with E-state index in [1.165, 1.54) is 11.5 Å². The van der Waals surface area contributed by atoms with Gasteiger partial charge in [0.1, 0.15) is 0 Å². The van der Waals surface area contributed by atoms with Gasteiger partial charge in [-0.3, -0.25) is 0 Å². The van der Waals surface area contributed by atoms with Crippen LogP contribution in [0.2, 0.25) is 0 Å². The van der Waals surface area contributed by atoms with E-state index < -0.39 is 6.18 Å². The van der Waals surface area contributed by atoms with E-state index in [-0.39, 0.29) is 5.57 Å². The Kier molecular flexibility index (Phi) is 5.72. The molecule has 1 saturated carbocycles. The first-order valence-electron chi connectivity index (χ1n) is 8.00. The highest BCUT2D eigenvalue weighted by molar-refractivity contribution is 5.56. The van der Waals surface area contributed by atoms with E-state index in [9.17, 15) is 13.2 Å². The van der Waals surface area contributed by atoms with E-state index in [0.29, 0.717) is 11.8 Å². The third kappa shape index (κ3) is 5.16. The molecule has 0 atom stereocenters. The van der Waals surface area contributed by atoms with Crippen molar-refractivity contribution in [2.24, 2.45) is 5.92 Å². The van der Waals surface area contributed by atoms with E-state index in [1.54, 1.807) is 6.08 Å². The zero-order valence-electron chi connectivity index (χ0n) is 13.6. The molecule has 1 aromatic carbocycles. The second-order valence-electron chi connectivity index (χ2n) is 6.22. The van der Waals surface area contributed by atoms with Gasteiger partial charge in [0.15, 0.2) is 0 Å². The first-order valence-corrected chi connectivity index (χ1v) is 8.00. The lowest BCUT2D eigenvalue weighted by Gasteiger charge is -2.26. The van der Waals surface area contributed by atoms with Crippen molar-refractivity contribution in [1.82, 2.24) is 0 Å². The van der Waals surface area contributed by atoms with Crippen LogP contribution in [0.25, 0.3) is 12.7 Å². The molecule has 1 aliphatic rings. The van der Waals surface area contributed by atoms with E-state index in [0.717, 1.165) is 36.1 Å². The summed E-state index contributed by atoms with van der Waals surface area (Å²) in [5, 5.41) is 1.54. The molecule has 1 aromatic rings. The lowest BCUT2D eigenvalue weighted by atomic mass is 9.78. The Morgan fingerprint density at radius 2 is 1.83 bits per heavy atom. The predicted octanol–water partition coefficient (Wildman–Crippen LogP) is 4.46. The molecular weight excluding hydrogens is 309 g/mol. The van der Waals surface area contributed by atoms with E-state index in [4.69, 9.17) is 0 Å². The van der Waals surface area contributed by atoms with Crippen molar-refractivity contribution in [1.29, 1.82) is 0 Å². The summed E-state index contributed by atoms with van der Waals surface area (Å²) in [6.07, 6.45) is 3.63. The predicted molar refractivity (Wildman–Crippen MR) is 93.5 cm³/mol. The quantitative estimate of drug-likeness (QED) is 0.567. The van der Waals surface area contributed by atoms with Crippen LogP contribution in [0, 0.1) is 17.8 Å². The molecule has 1 fully saturated rings. The molecule has 0 saturated heterocycles. The van der Waals surface area contributed by atoms with Crippen molar-refractivity contribution >= 4 is 12.7 Å². The largest absolute Gasteiger partial charge is 0.458 e. The maximum atomic E-state index is 12.1. The maximum Gasteiger partial charge on any atom is 0.458 e. The van der Waals surface area contributed by atoms with Crippen molar-refractivity contribution in [2.75, 3.05) is 0 Å². The van der Waals surface area contributed by atoms with Gasteiger partial charge in [-0.15, -0.1) is 6.58 Å². The number of hydrogen-bond acceptors (Lipinski definition) is 0. The number of allylic oxidation sites excluding steroid dienone is 2. The molecule has 0 unspecified atom stereocenters. The summed E-state index contributed by atoms with van der Waals surface area (Å²) in [7, 11) is 0. The fourth-order valence-electron chi connectivity index (χ4n) is 3.08. The molecule has 0 heterocycles. The second kappa shape index (κ2) is 7.57. The summed E-state index contributed by atoms with van der Waals surface area (Å²) in [4.78, 5) is 0. The lowest BCUT2D eigenvalue weighted by Crippen LogP contribution is -2.24. The molecule has 0 nitrogen and oxygen atoms in total. The maximum absolute atomic E-state index is 12.1. The van der Waals surface area contributed by atoms with Crippen LogP contribution >= 0.6 is 0 Å². The Labute approximate surface area is 141 Å². The molecule has 0 radical (unpaired) electrons. The van der Waals surface area contributed by atoms with Gasteiger partial charge in [0.2, 0.25) is 0 Å². The number of hydrogen-bond donors (Lipinski definition) is 0. The summed E-state index contributed by atoms with van der Waals surface area (Å²) >= 11 is 0. The number of alkyl halides is 3. The third-order valence-corrected chi connectivity index (χ3v) is 4.44. The molecule has 3 heteroatoms. The molecule has 2 rings (SSSR count). The average molecular weight is 330 g/mol. The standard InChI is InChI=1S/C21H21F3/c1-4-17-5-7-18(8-6-17)20-10-9-19(16(3)14-20)13-15(2)11-12-21(22,23)24/h4,9-10,13-14,17-18H,1-3,5-8H2/b19-13-. The van der Waals surface area contributed by atoms with Crippen LogP contribution in [0.15, 0.2) is 43.0 Å². The van der Waals surface area contributed by atoms with Gasteiger partial charge in [-0.1, -0.05) is 43.4 Å². The van der Waals surface area contributed by atoms with Crippen molar-refractivity contribution in [2.45, 2.75) is 37.8 Å². The van der Waals surface area contributed by atoms with Crippen molar-refractivity contribution < 1.29 is 13.2 Å². The number of benzene rings is 1. The van der Waals surface area contributed by atoms with Gasteiger partial charge in [-0.05, 0) is 59.6 Å². The fourth-order valence-corrected chi connectivity index (χ4v) is 3.08. The zero-order valence-corrected chi connectivity index (χ0v) is 13.6. The highest BCUT2D eigenvalue weighted by atomic mass is 19.4. The van der Waals surface area contributed by atoms with Gasteiger partial charge in [0.05, 0.1) is 0 Å². The van der Waals surface area contributed by atoms with Crippen LogP contribution in [0.4, 0.5) is 13.2 Å². The zero-order chi connectivity index (χ0) is 17.7. The number of halogens is 3. The molecule has 126 valence electrons. The molecule has 0 spiro atoms. The normalized spacial score (nSPS) is 21.7. The minimum absolute atomic E-state index is 0.122. The van der Waals surface area contributed by atoms with Gasteiger partial charge in [-0.2, -0.15) is 13.2 Å². The Morgan fingerprint density at radius 1 is 1.17 bits per heavy atom. The third-order valence-electron chi connectivity index (χ3n) is 4.44. The van der Waals surface area contributed by atoms with Crippen molar-refractivity contribution in [3.63, 3.8) is 0 Å². The molecule has 24 heavy (non-hydrogen) atoms. The first kappa shape index (κ1) is 18.1. The number of rotatable bonds is 3. The van der Waals surface area contributed by atoms with Gasteiger partial charge in [0, 0.05) is 11.5 Å². The van der Waals surface area contributed by atoms with Crippen LogP contribution in [0.1, 0.15) is 37.2 Å². The van der Waals surface area contributed by atoms with E-state index in [2.05, 4.69) is 19.7 Å². The van der Waals surface area contributed by atoms with E-state index >= 15 is 0 Å². The smallest absolute Gasteiger partial charge is 0.159 e. The van der Waals surface area contributed by atoms with Crippen molar-refractivity contribution in [3.05, 3.63) is 59.0 Å². The topological polar surface area (TPSA) is 0 Å². The fraction of sp³-hybridized carbons (Fsp3) is 0.333. The first-order chi connectivity index (χ1) is 11.3. The second-order valence-corrected chi connectivity index (χ2v) is 6.22. The molecular formula is C21H21F3. The average Bonchev–Trinajstić information content (AvgIpc) is 2.54. The van der Waals surface area contributed by atoms with E-state index in [1.807, 2.05) is 30.2 Å². The Bertz CT molecular complexity index is 779. The summed E-state index contributed by atoms with van der Waals surface area (Å²) in [5.74, 6) is 4.38. The summed E-state index contributed by atoms with van der Waals surface area (Å²) < 4.78 is 36.3. The van der Waals surface area contributed by atoms with Gasteiger partial charge in [-0.25, -0.2) is 0 Å². The molecule has 0 bridgehead atoms. The molecule has 0 aliphatic heterocycles. The monoisotopic (exact) mass is 330 g/mol. The molecule has 0 amide bonds. The van der Waals surface area contributed by atoms with Crippen LogP contribution in [0.5, 0.6) is 0 Å². The molecule has 0 N–H and O–H groups in total. The molecule has 1 aliphatic carbocycles. The SMILES string of the molecule is C=CC1CCC(c2cc/c(=C/C(=C)C#CC(F)(F)F)c(=C)c2)CC1. The van der Waals surface area contributed by atoms with Crippen LogP contribution < -0.4 is 10.4 Å². The Balaban J connectivity index is 2.16. The molecule has 0 aromatic heterocycles. The summed E-state index contributed by atoms with van der Waals surface area (Å²) in [5.41, 5.74) is 1.36. The highest BCUT2D eigenvalue weighted by Gasteiger charge is 2.23. The lowest BCUT2D eigenvalue weighted by molar-refractivity contribution is -0.0696. The van der Waals surface area contributed by atoms with Crippen LogP contribution in [-0.2, 0) is 0 Å². The van der Waals surface area contributed by atoms with Gasteiger partial charge < -0.3 is 0 Å². The van der Waals surface area contributed by atoms with Gasteiger partial charge in [0.25, 0.3) is 0 Å². The Hall–Kier alpha value is -2.21. The summed E-state index contributed by atoms with van der Waals surface area (Å²) in [6, 6.07) is 5.94. The summed E-state index contributed by atoms with van der Waals surface area (Å²) in [6.45, 7) is 11.4. The van der Waals surface area contributed by atoms with Crippen molar-refractivity contribution in [3.8, 4) is 11.8 Å². The Morgan fingerprint density at radius 3 is 2.38 bits per heavy atom. The highest BCUT2D eigenvalue weighted by Crippen LogP contribution is 2.35. The van der Waals surface area contributed by atoms with Crippen LogP contribution in [-0.4, -0.2) is 6.18 Å². The minimum atomic E-state index is -4.50. The minimum Gasteiger partial charge on any atom is -0.159 e. The van der Waals surface area contributed by atoms with Gasteiger partial charge >= 0.3 is 6.18 Å². The van der Waals surface area contributed by atoms with Crippen LogP contribution in [0.3, 0.4) is 0 Å².